The molecule has 0 bridgehead atoms. The standard InChI is InChI=1S/Ca.O2Si.H2O.2H/c;1-3-2;;;/h;;1H2;;/q+2;;;2*-1. The first-order valence-electron chi connectivity index (χ1n) is 0.408. The molecule has 0 heterocycles. The van der Waals surface area contributed by atoms with Gasteiger partial charge in [0.2, 0.25) is 0 Å². The summed E-state index contributed by atoms with van der Waals surface area (Å²) in [7, 11) is -1.42. The van der Waals surface area contributed by atoms with Crippen molar-refractivity contribution in [3.63, 3.8) is 0 Å². The van der Waals surface area contributed by atoms with E-state index < -0.39 is 9.29 Å². The van der Waals surface area contributed by atoms with Gasteiger partial charge in [-0.3, -0.25) is 8.92 Å². The molecule has 2 N–H and O–H groups in total. The summed E-state index contributed by atoms with van der Waals surface area (Å²) < 4.78 is 16.8. The van der Waals surface area contributed by atoms with Gasteiger partial charge in [-0.25, -0.2) is 0 Å². The summed E-state index contributed by atoms with van der Waals surface area (Å²) in [4.78, 5) is 0. The summed E-state index contributed by atoms with van der Waals surface area (Å²) in [6.45, 7) is 0. The molecule has 0 spiro atoms. The van der Waals surface area contributed by atoms with Crippen LogP contribution < -0.4 is 0 Å². The van der Waals surface area contributed by atoms with E-state index in [9.17, 15) is 0 Å². The normalized spacial score (nSPS) is 1.60. The first kappa shape index (κ1) is 16.6. The second-order valence-electron chi connectivity index (χ2n) is 0.0833. The minimum atomic E-state index is -1.42. The zero-order chi connectivity index (χ0) is 2.71. The Morgan fingerprint density at radius 3 is 1.40 bits per heavy atom. The Morgan fingerprint density at radius 2 is 1.40 bits per heavy atom. The summed E-state index contributed by atoms with van der Waals surface area (Å²) >= 11 is 0. The smallest absolute Gasteiger partial charge is 1.00 e. The largest absolute Gasteiger partial charge is 2.00 e. The van der Waals surface area contributed by atoms with Gasteiger partial charge in [-0.1, -0.05) is 0 Å². The number of hydrogen-bond donors (Lipinski definition) is 0. The molecule has 0 unspecified atom stereocenters. The molecule has 0 aliphatic rings. The maximum absolute atomic E-state index is 8.40. The van der Waals surface area contributed by atoms with Crippen LogP contribution in [-0.2, 0) is 8.92 Å². The van der Waals surface area contributed by atoms with Gasteiger partial charge in [-0.15, -0.1) is 0 Å². The van der Waals surface area contributed by atoms with E-state index in [-0.39, 0.29) is 46.1 Å². The molecule has 0 aromatic carbocycles. The van der Waals surface area contributed by atoms with Gasteiger partial charge in [0.15, 0.2) is 0 Å². The Bertz CT molecular complexity index is 33.9. The maximum atomic E-state index is 8.40. The molecule has 0 amide bonds. The zero-order valence-corrected chi connectivity index (χ0v) is 5.73. The second-order valence-corrected chi connectivity index (χ2v) is 0.250. The molecule has 0 aromatic heterocycles. The van der Waals surface area contributed by atoms with E-state index in [0.29, 0.717) is 0 Å². The molecule has 5 heteroatoms. The summed E-state index contributed by atoms with van der Waals surface area (Å²) in [6, 6.07) is 0. The van der Waals surface area contributed by atoms with Gasteiger partial charge in [0, 0.05) is 0 Å². The molecule has 0 aliphatic carbocycles. The molecule has 0 saturated heterocycles. The molecule has 0 rings (SSSR count). The molecule has 0 saturated carbocycles. The van der Waals surface area contributed by atoms with Crippen LogP contribution in [0.5, 0.6) is 0 Å². The van der Waals surface area contributed by atoms with Crippen molar-refractivity contribution >= 4 is 47.0 Å². The van der Waals surface area contributed by atoms with Crippen LogP contribution in [0.2, 0.25) is 0 Å². The van der Waals surface area contributed by atoms with Crippen LogP contribution in [0.3, 0.4) is 0 Å². The van der Waals surface area contributed by atoms with Crippen molar-refractivity contribution < 1.29 is 17.3 Å². The minimum Gasteiger partial charge on any atom is -1.00 e. The predicted octanol–water partition coefficient (Wildman–Crippen LogP) is -1.60. The molecule has 0 aromatic rings. The Morgan fingerprint density at radius 1 is 1.40 bits per heavy atom. The van der Waals surface area contributed by atoms with Crippen LogP contribution in [0.25, 0.3) is 0 Å². The number of hydrogen-bond acceptors (Lipinski definition) is 2. The Hall–Kier alpha value is 1.04. The summed E-state index contributed by atoms with van der Waals surface area (Å²) in [5.74, 6) is 0. The van der Waals surface area contributed by atoms with Crippen molar-refractivity contribution in [3.05, 3.63) is 0 Å². The first-order valence-corrected chi connectivity index (χ1v) is 1.22. The molecule has 0 aliphatic heterocycles. The van der Waals surface area contributed by atoms with Crippen LogP contribution in [0, 0.1) is 0 Å². The van der Waals surface area contributed by atoms with Crippen LogP contribution in [0.4, 0.5) is 0 Å². The van der Waals surface area contributed by atoms with E-state index in [1.54, 1.807) is 0 Å². The van der Waals surface area contributed by atoms with Gasteiger partial charge in [0.1, 0.15) is 0 Å². The fraction of sp³-hybridized carbons (Fsp3) is 0. The number of rotatable bonds is 0. The van der Waals surface area contributed by atoms with Crippen molar-refractivity contribution in [2.75, 3.05) is 0 Å². The van der Waals surface area contributed by atoms with Crippen LogP contribution in [0.15, 0.2) is 0 Å². The van der Waals surface area contributed by atoms with Crippen LogP contribution in [-0.4, -0.2) is 52.5 Å². The fourth-order valence-electron chi connectivity index (χ4n) is 0. The molecule has 3 nitrogen and oxygen atoms in total. The van der Waals surface area contributed by atoms with E-state index in [0.717, 1.165) is 0 Å². The van der Waals surface area contributed by atoms with Crippen molar-refractivity contribution in [1.29, 1.82) is 0 Å². The zero-order valence-electron chi connectivity index (χ0n) is 4.52. The Balaban J connectivity index is -0.00000000333. The van der Waals surface area contributed by atoms with Gasteiger partial charge < -0.3 is 8.33 Å². The van der Waals surface area contributed by atoms with Crippen molar-refractivity contribution in [2.24, 2.45) is 0 Å². The molecule has 0 fully saturated rings. The van der Waals surface area contributed by atoms with Crippen LogP contribution >= 0.6 is 0 Å². The first-order chi connectivity index (χ1) is 1.41. The van der Waals surface area contributed by atoms with Crippen molar-refractivity contribution in [2.45, 2.75) is 0 Å². The Labute approximate surface area is 64.0 Å². The third-order valence-corrected chi connectivity index (χ3v) is 0. The van der Waals surface area contributed by atoms with Gasteiger partial charge in [-0.2, -0.15) is 0 Å². The van der Waals surface area contributed by atoms with Gasteiger partial charge in [0.25, 0.3) is 0 Å². The van der Waals surface area contributed by atoms with Crippen molar-refractivity contribution in [1.82, 2.24) is 0 Å². The molecule has 0 atom stereocenters. The second kappa shape index (κ2) is 19.8. The van der Waals surface area contributed by atoms with E-state index >= 15 is 0 Å². The average Bonchev–Trinajstić information content (AvgIpc) is 0.918. The quantitative estimate of drug-likeness (QED) is 0.361. The Kier molecular flexibility index (Phi) is 65.7. The van der Waals surface area contributed by atoms with E-state index in [1.165, 1.54) is 0 Å². The molecule has 28 valence electrons. The SMILES string of the molecule is O.O=[Si]=O.[Ca+2].[H-].[H-]. The summed E-state index contributed by atoms with van der Waals surface area (Å²) in [6.07, 6.45) is 0. The third kappa shape index (κ3) is 43.2. The maximum Gasteiger partial charge on any atom is 2.00 e. The predicted molar refractivity (Wildman–Crippen MR) is 18.7 cm³/mol. The molecular formula is H4CaO3Si. The minimum absolute atomic E-state index is 0. The van der Waals surface area contributed by atoms with Gasteiger partial charge >= 0.3 is 47.0 Å². The average molecular weight is 120 g/mol. The summed E-state index contributed by atoms with van der Waals surface area (Å²) in [5.41, 5.74) is 0. The topological polar surface area (TPSA) is 65.6 Å². The van der Waals surface area contributed by atoms with Gasteiger partial charge in [-0.05, 0) is 0 Å². The van der Waals surface area contributed by atoms with E-state index in [1.807, 2.05) is 0 Å². The fourth-order valence-corrected chi connectivity index (χ4v) is 0. The van der Waals surface area contributed by atoms with Gasteiger partial charge in [0.05, 0.1) is 0 Å². The van der Waals surface area contributed by atoms with E-state index in [2.05, 4.69) is 0 Å². The summed E-state index contributed by atoms with van der Waals surface area (Å²) in [5, 5.41) is 0. The molecule has 0 radical (unpaired) electrons. The monoisotopic (exact) mass is 120 g/mol. The van der Waals surface area contributed by atoms with E-state index in [4.69, 9.17) is 8.92 Å². The van der Waals surface area contributed by atoms with Crippen LogP contribution in [0.1, 0.15) is 2.85 Å². The molecule has 5 heavy (non-hydrogen) atoms. The third-order valence-electron chi connectivity index (χ3n) is 0. The molecular weight excluding hydrogens is 116 g/mol. The van der Waals surface area contributed by atoms with Crippen molar-refractivity contribution in [3.8, 4) is 0 Å².